The molecule has 3 aromatic rings. The number of ether oxygens (including phenoxy) is 1. The number of carbonyl (C=O) groups excluding carboxylic acids is 2. The lowest BCUT2D eigenvalue weighted by Gasteiger charge is -2.41. The lowest BCUT2D eigenvalue weighted by atomic mass is 9.75. The SMILES string of the molecule is CCOC(=O)[C@@]1(Cc2ccc(F)cc2)CCCN(C(=O)Cn2nc3ccccc3n2)C1. The third-order valence-corrected chi connectivity index (χ3v) is 5.70. The van der Waals surface area contributed by atoms with Crippen molar-refractivity contribution in [2.24, 2.45) is 5.41 Å². The van der Waals surface area contributed by atoms with Gasteiger partial charge in [0, 0.05) is 13.1 Å². The van der Waals surface area contributed by atoms with Gasteiger partial charge < -0.3 is 9.64 Å². The minimum Gasteiger partial charge on any atom is -0.466 e. The summed E-state index contributed by atoms with van der Waals surface area (Å²) in [5.41, 5.74) is 1.44. The van der Waals surface area contributed by atoms with E-state index in [-0.39, 0.29) is 37.4 Å². The highest BCUT2D eigenvalue weighted by Gasteiger charge is 2.44. The van der Waals surface area contributed by atoms with Crippen molar-refractivity contribution in [1.82, 2.24) is 19.9 Å². The van der Waals surface area contributed by atoms with Crippen molar-refractivity contribution >= 4 is 22.9 Å². The van der Waals surface area contributed by atoms with Crippen molar-refractivity contribution in [3.8, 4) is 0 Å². The first-order valence-corrected chi connectivity index (χ1v) is 10.5. The van der Waals surface area contributed by atoms with Crippen LogP contribution in [0.1, 0.15) is 25.3 Å². The van der Waals surface area contributed by atoms with Gasteiger partial charge in [-0.2, -0.15) is 15.0 Å². The van der Waals surface area contributed by atoms with Crippen molar-refractivity contribution in [3.63, 3.8) is 0 Å². The Bertz CT molecular complexity index is 1050. The van der Waals surface area contributed by atoms with E-state index in [4.69, 9.17) is 4.74 Å². The first-order valence-electron chi connectivity index (χ1n) is 10.5. The summed E-state index contributed by atoms with van der Waals surface area (Å²) in [6, 6.07) is 13.6. The van der Waals surface area contributed by atoms with Gasteiger partial charge in [-0.25, -0.2) is 4.39 Å². The normalized spacial score (nSPS) is 18.8. The summed E-state index contributed by atoms with van der Waals surface area (Å²) in [4.78, 5) is 29.1. The number of hydrogen-bond acceptors (Lipinski definition) is 5. The first kappa shape index (κ1) is 21.0. The van der Waals surface area contributed by atoms with E-state index in [1.165, 1.54) is 16.9 Å². The lowest BCUT2D eigenvalue weighted by molar-refractivity contribution is -0.161. The minimum atomic E-state index is -0.857. The minimum absolute atomic E-state index is 0.00410. The van der Waals surface area contributed by atoms with Crippen LogP contribution in [0.25, 0.3) is 11.0 Å². The monoisotopic (exact) mass is 424 g/mol. The van der Waals surface area contributed by atoms with Crippen molar-refractivity contribution in [1.29, 1.82) is 0 Å². The summed E-state index contributed by atoms with van der Waals surface area (Å²) < 4.78 is 18.7. The third-order valence-electron chi connectivity index (χ3n) is 5.70. The highest BCUT2D eigenvalue weighted by molar-refractivity contribution is 5.81. The molecule has 1 aliphatic heterocycles. The van der Waals surface area contributed by atoms with Crippen LogP contribution in [-0.4, -0.2) is 51.5 Å². The lowest BCUT2D eigenvalue weighted by Crippen LogP contribution is -2.52. The van der Waals surface area contributed by atoms with Gasteiger partial charge in [0.05, 0.1) is 12.0 Å². The van der Waals surface area contributed by atoms with Crippen LogP contribution in [0.15, 0.2) is 48.5 Å². The van der Waals surface area contributed by atoms with E-state index in [1.54, 1.807) is 24.0 Å². The number of aromatic nitrogens is 3. The molecule has 0 bridgehead atoms. The van der Waals surface area contributed by atoms with Crippen LogP contribution in [0.5, 0.6) is 0 Å². The van der Waals surface area contributed by atoms with Gasteiger partial charge in [0.15, 0.2) is 0 Å². The van der Waals surface area contributed by atoms with Gasteiger partial charge in [-0.05, 0) is 56.0 Å². The number of amides is 1. The van der Waals surface area contributed by atoms with E-state index in [9.17, 15) is 14.0 Å². The number of carbonyl (C=O) groups is 2. The van der Waals surface area contributed by atoms with Crippen LogP contribution in [-0.2, 0) is 27.3 Å². The van der Waals surface area contributed by atoms with Crippen LogP contribution in [0.2, 0.25) is 0 Å². The molecular weight excluding hydrogens is 399 g/mol. The van der Waals surface area contributed by atoms with Gasteiger partial charge in [-0.1, -0.05) is 24.3 Å². The molecule has 31 heavy (non-hydrogen) atoms. The summed E-state index contributed by atoms with van der Waals surface area (Å²) in [6.07, 6.45) is 1.68. The van der Waals surface area contributed by atoms with Gasteiger partial charge in [-0.3, -0.25) is 9.59 Å². The zero-order valence-electron chi connectivity index (χ0n) is 17.5. The van der Waals surface area contributed by atoms with Crippen LogP contribution in [0.4, 0.5) is 4.39 Å². The van der Waals surface area contributed by atoms with Gasteiger partial charge >= 0.3 is 5.97 Å². The molecule has 0 spiro atoms. The maximum absolute atomic E-state index is 13.3. The molecule has 4 rings (SSSR count). The van der Waals surface area contributed by atoms with E-state index in [1.807, 2.05) is 24.3 Å². The van der Waals surface area contributed by atoms with Gasteiger partial charge in [0.2, 0.25) is 5.91 Å². The second kappa shape index (κ2) is 8.83. The Balaban J connectivity index is 1.53. The van der Waals surface area contributed by atoms with Crippen molar-refractivity contribution in [2.75, 3.05) is 19.7 Å². The van der Waals surface area contributed by atoms with Crippen LogP contribution < -0.4 is 0 Å². The Hall–Kier alpha value is -3.29. The fourth-order valence-electron chi connectivity index (χ4n) is 4.20. The summed E-state index contributed by atoms with van der Waals surface area (Å²) in [5, 5.41) is 8.71. The first-order chi connectivity index (χ1) is 15.0. The average molecular weight is 424 g/mol. The quantitative estimate of drug-likeness (QED) is 0.569. The molecule has 1 aliphatic rings. The molecule has 0 radical (unpaired) electrons. The molecule has 2 heterocycles. The zero-order valence-corrected chi connectivity index (χ0v) is 17.5. The Morgan fingerprint density at radius 1 is 1.10 bits per heavy atom. The number of fused-ring (bicyclic) bond motifs is 1. The van der Waals surface area contributed by atoms with Gasteiger partial charge in [-0.15, -0.1) is 0 Å². The molecule has 162 valence electrons. The standard InChI is InChI=1S/C23H25FN4O3/c1-2-31-22(30)23(14-17-8-10-18(24)11-9-17)12-5-13-27(16-23)21(29)15-28-25-19-6-3-4-7-20(19)26-28/h3-4,6-11H,2,5,12-16H2,1H3/t23-/m1/s1. The van der Waals surface area contributed by atoms with Crippen molar-refractivity contribution < 1.29 is 18.7 Å². The fourth-order valence-corrected chi connectivity index (χ4v) is 4.20. The topological polar surface area (TPSA) is 77.3 Å². The number of halogens is 1. The largest absolute Gasteiger partial charge is 0.466 e. The Morgan fingerprint density at radius 2 is 1.77 bits per heavy atom. The second-order valence-electron chi connectivity index (χ2n) is 7.94. The molecule has 1 atom stereocenters. The van der Waals surface area contributed by atoms with E-state index in [0.29, 0.717) is 25.8 Å². The zero-order chi connectivity index (χ0) is 21.8. The molecule has 0 saturated carbocycles. The van der Waals surface area contributed by atoms with Crippen molar-refractivity contribution in [2.45, 2.75) is 32.7 Å². The molecule has 2 aromatic carbocycles. The molecule has 1 amide bonds. The summed E-state index contributed by atoms with van der Waals surface area (Å²) >= 11 is 0. The smallest absolute Gasteiger partial charge is 0.314 e. The summed E-state index contributed by atoms with van der Waals surface area (Å²) in [6.45, 7) is 2.85. The molecule has 0 N–H and O–H groups in total. The molecular formula is C23H25FN4O3. The number of benzene rings is 2. The number of rotatable bonds is 6. The van der Waals surface area contributed by atoms with E-state index in [2.05, 4.69) is 10.2 Å². The Kier molecular flexibility index (Phi) is 5.97. The van der Waals surface area contributed by atoms with Gasteiger partial charge in [0.25, 0.3) is 0 Å². The number of likely N-dealkylation sites (tertiary alicyclic amines) is 1. The van der Waals surface area contributed by atoms with Crippen LogP contribution >= 0.6 is 0 Å². The molecule has 0 unspecified atom stereocenters. The third kappa shape index (κ3) is 4.57. The summed E-state index contributed by atoms with van der Waals surface area (Å²) in [5.74, 6) is -0.791. The van der Waals surface area contributed by atoms with Crippen LogP contribution in [0.3, 0.4) is 0 Å². The average Bonchev–Trinajstić information content (AvgIpc) is 3.18. The fraction of sp³-hybridized carbons (Fsp3) is 0.391. The van der Waals surface area contributed by atoms with Gasteiger partial charge in [0.1, 0.15) is 23.4 Å². The van der Waals surface area contributed by atoms with E-state index >= 15 is 0 Å². The highest BCUT2D eigenvalue weighted by atomic mass is 19.1. The van der Waals surface area contributed by atoms with Crippen molar-refractivity contribution in [3.05, 3.63) is 59.9 Å². The molecule has 7 nitrogen and oxygen atoms in total. The van der Waals surface area contributed by atoms with E-state index in [0.717, 1.165) is 16.6 Å². The maximum atomic E-state index is 13.3. The Labute approximate surface area is 179 Å². The summed E-state index contributed by atoms with van der Waals surface area (Å²) in [7, 11) is 0. The Morgan fingerprint density at radius 3 is 2.42 bits per heavy atom. The number of nitrogens with zero attached hydrogens (tertiary/aromatic N) is 4. The molecule has 8 heteroatoms. The second-order valence-corrected chi connectivity index (χ2v) is 7.94. The van der Waals surface area contributed by atoms with Crippen LogP contribution in [0, 0.1) is 11.2 Å². The van der Waals surface area contributed by atoms with E-state index < -0.39 is 5.41 Å². The molecule has 1 aromatic heterocycles. The maximum Gasteiger partial charge on any atom is 0.314 e. The highest BCUT2D eigenvalue weighted by Crippen LogP contribution is 2.35. The molecule has 1 fully saturated rings. The number of piperidine rings is 1. The predicted octanol–water partition coefficient (Wildman–Crippen LogP) is 2.99. The predicted molar refractivity (Wildman–Crippen MR) is 113 cm³/mol. The molecule has 1 saturated heterocycles. The number of hydrogen-bond donors (Lipinski definition) is 0. The molecule has 0 aliphatic carbocycles. The number of esters is 1.